The average Bonchev–Trinajstić information content (AvgIpc) is 2.97. The van der Waals surface area contributed by atoms with Gasteiger partial charge in [0.2, 0.25) is 0 Å². The molecule has 0 radical (unpaired) electrons. The number of halogens is 4. The maximum Gasteiger partial charge on any atom is 0.434 e. The van der Waals surface area contributed by atoms with Crippen molar-refractivity contribution in [1.82, 2.24) is 14.7 Å². The van der Waals surface area contributed by atoms with Crippen molar-refractivity contribution >= 4 is 17.5 Å². The molecule has 4 nitrogen and oxygen atoms in total. The van der Waals surface area contributed by atoms with Gasteiger partial charge in [0.25, 0.3) is 5.91 Å². The molecule has 1 heterocycles. The number of hydrogen-bond donors (Lipinski definition) is 0. The Morgan fingerprint density at radius 1 is 1.32 bits per heavy atom. The lowest BCUT2D eigenvalue weighted by molar-refractivity contribution is -0.143. The van der Waals surface area contributed by atoms with Crippen LogP contribution in [-0.2, 0) is 6.18 Å². The largest absolute Gasteiger partial charge is 0.434 e. The zero-order chi connectivity index (χ0) is 18.8. The van der Waals surface area contributed by atoms with Crippen LogP contribution in [0.1, 0.15) is 29.9 Å². The lowest BCUT2D eigenvalue weighted by Gasteiger charge is -2.21. The third-order valence-electron chi connectivity index (χ3n) is 3.47. The molecule has 0 saturated heterocycles. The van der Waals surface area contributed by atoms with E-state index in [1.165, 1.54) is 29.2 Å². The van der Waals surface area contributed by atoms with Crippen LogP contribution in [0.5, 0.6) is 0 Å². The summed E-state index contributed by atoms with van der Waals surface area (Å²) in [5, 5.41) is 4.17. The molecule has 8 heteroatoms. The second kappa shape index (κ2) is 7.31. The molecule has 0 N–H and O–H groups in total. The molecule has 134 valence electrons. The predicted molar refractivity (Wildman–Crippen MR) is 90.0 cm³/mol. The van der Waals surface area contributed by atoms with E-state index in [2.05, 4.69) is 11.7 Å². The Hall–Kier alpha value is -2.28. The maximum atomic E-state index is 13.6. The number of hydrogen-bond acceptors (Lipinski definition) is 2. The van der Waals surface area contributed by atoms with E-state index >= 15 is 0 Å². The van der Waals surface area contributed by atoms with Crippen LogP contribution in [0.25, 0.3) is 5.69 Å². The summed E-state index contributed by atoms with van der Waals surface area (Å²) in [6.45, 7) is 7.54. The number of likely N-dealkylation sites (N-methyl/N-ethyl adjacent to an activating group) is 1. The lowest BCUT2D eigenvalue weighted by atomic mass is 10.2. The predicted octanol–water partition coefficient (Wildman–Crippen LogP) is 4.58. The standard InChI is InChI=1S/C17H17ClF3N3O/c1-4-23(10-11(2)3)16(25)14-9-22-24(15(14)17(19,20)21)13-7-5-12(18)6-8-13/h5-9H,2,4,10H2,1,3H3. The molecular weight excluding hydrogens is 355 g/mol. The second-order valence-corrected chi connectivity index (χ2v) is 6.01. The summed E-state index contributed by atoms with van der Waals surface area (Å²) in [6, 6.07) is 5.73. The van der Waals surface area contributed by atoms with E-state index in [1.54, 1.807) is 13.8 Å². The summed E-state index contributed by atoms with van der Waals surface area (Å²) < 4.78 is 41.6. The molecular formula is C17H17ClF3N3O. The summed E-state index contributed by atoms with van der Waals surface area (Å²) in [5.74, 6) is -0.738. The van der Waals surface area contributed by atoms with Gasteiger partial charge in [-0.25, -0.2) is 4.68 Å². The molecule has 0 unspecified atom stereocenters. The summed E-state index contributed by atoms with van der Waals surface area (Å²) in [4.78, 5) is 13.9. The Labute approximate surface area is 148 Å². The van der Waals surface area contributed by atoms with Gasteiger partial charge in [-0.1, -0.05) is 23.8 Å². The Bertz CT molecular complexity index is 781. The molecule has 2 rings (SSSR count). The normalized spacial score (nSPS) is 11.4. The van der Waals surface area contributed by atoms with Crippen LogP contribution < -0.4 is 0 Å². The zero-order valence-corrected chi connectivity index (χ0v) is 14.5. The van der Waals surface area contributed by atoms with Crippen LogP contribution in [0.15, 0.2) is 42.6 Å². The summed E-state index contributed by atoms with van der Waals surface area (Å²) in [6.07, 6.45) is -3.80. The van der Waals surface area contributed by atoms with E-state index in [4.69, 9.17) is 11.6 Å². The minimum absolute atomic E-state index is 0.165. The molecule has 0 saturated carbocycles. The smallest absolute Gasteiger partial charge is 0.335 e. The molecule has 1 aromatic carbocycles. The Kier molecular flexibility index (Phi) is 5.57. The highest BCUT2D eigenvalue weighted by molar-refractivity contribution is 6.30. The highest BCUT2D eigenvalue weighted by Gasteiger charge is 2.41. The molecule has 1 amide bonds. The van der Waals surface area contributed by atoms with E-state index < -0.39 is 23.3 Å². The monoisotopic (exact) mass is 371 g/mol. The Balaban J connectivity index is 2.54. The molecule has 0 aliphatic carbocycles. The third kappa shape index (κ3) is 4.22. The van der Waals surface area contributed by atoms with Gasteiger partial charge in [-0.2, -0.15) is 18.3 Å². The first-order chi connectivity index (χ1) is 11.6. The van der Waals surface area contributed by atoms with Crippen LogP contribution in [0.4, 0.5) is 13.2 Å². The van der Waals surface area contributed by atoms with Gasteiger partial charge in [0.1, 0.15) is 0 Å². The fraction of sp³-hybridized carbons (Fsp3) is 0.294. The SMILES string of the molecule is C=C(C)CN(CC)C(=O)c1cnn(-c2ccc(Cl)cc2)c1C(F)(F)F. The highest BCUT2D eigenvalue weighted by atomic mass is 35.5. The van der Waals surface area contributed by atoms with Crippen molar-refractivity contribution < 1.29 is 18.0 Å². The van der Waals surface area contributed by atoms with Crippen LogP contribution in [-0.4, -0.2) is 33.7 Å². The second-order valence-electron chi connectivity index (χ2n) is 5.57. The fourth-order valence-electron chi connectivity index (χ4n) is 2.38. The first kappa shape index (κ1) is 19.1. The van der Waals surface area contributed by atoms with Gasteiger partial charge in [-0.05, 0) is 38.1 Å². The van der Waals surface area contributed by atoms with Crippen LogP contribution in [0, 0.1) is 0 Å². The molecule has 0 bridgehead atoms. The van der Waals surface area contributed by atoms with Gasteiger partial charge in [-0.15, -0.1) is 0 Å². The van der Waals surface area contributed by atoms with Gasteiger partial charge in [-0.3, -0.25) is 4.79 Å². The van der Waals surface area contributed by atoms with Crippen molar-refractivity contribution in [1.29, 1.82) is 0 Å². The quantitative estimate of drug-likeness (QED) is 0.721. The van der Waals surface area contributed by atoms with Crippen LogP contribution in [0.3, 0.4) is 0 Å². The van der Waals surface area contributed by atoms with Crippen molar-refractivity contribution in [3.8, 4) is 5.69 Å². The number of carbonyl (C=O) groups is 1. The third-order valence-corrected chi connectivity index (χ3v) is 3.72. The van der Waals surface area contributed by atoms with E-state index in [9.17, 15) is 18.0 Å². The Morgan fingerprint density at radius 3 is 2.40 bits per heavy atom. The fourth-order valence-corrected chi connectivity index (χ4v) is 2.51. The van der Waals surface area contributed by atoms with Gasteiger partial charge in [0.15, 0.2) is 5.69 Å². The molecule has 0 atom stereocenters. The van der Waals surface area contributed by atoms with Crippen molar-refractivity contribution in [2.75, 3.05) is 13.1 Å². The molecule has 0 spiro atoms. The van der Waals surface area contributed by atoms with Crippen LogP contribution in [0.2, 0.25) is 5.02 Å². The number of rotatable bonds is 5. The molecule has 25 heavy (non-hydrogen) atoms. The van der Waals surface area contributed by atoms with Crippen molar-refractivity contribution in [3.63, 3.8) is 0 Å². The molecule has 0 aliphatic heterocycles. The van der Waals surface area contributed by atoms with Gasteiger partial charge in [0.05, 0.1) is 17.4 Å². The van der Waals surface area contributed by atoms with E-state index in [1.807, 2.05) is 0 Å². The first-order valence-corrected chi connectivity index (χ1v) is 7.87. The van der Waals surface area contributed by atoms with Crippen LogP contribution >= 0.6 is 11.6 Å². The van der Waals surface area contributed by atoms with E-state index in [0.717, 1.165) is 6.20 Å². The van der Waals surface area contributed by atoms with E-state index in [-0.39, 0.29) is 18.8 Å². The highest BCUT2D eigenvalue weighted by Crippen LogP contribution is 2.34. The summed E-state index contributed by atoms with van der Waals surface area (Å²) in [7, 11) is 0. The molecule has 2 aromatic rings. The minimum Gasteiger partial charge on any atom is -0.335 e. The zero-order valence-electron chi connectivity index (χ0n) is 13.8. The van der Waals surface area contributed by atoms with Gasteiger partial charge in [0, 0.05) is 18.1 Å². The van der Waals surface area contributed by atoms with Crippen molar-refractivity contribution in [3.05, 3.63) is 58.9 Å². The summed E-state index contributed by atoms with van der Waals surface area (Å²) >= 11 is 5.77. The van der Waals surface area contributed by atoms with Crippen molar-refractivity contribution in [2.45, 2.75) is 20.0 Å². The average molecular weight is 372 g/mol. The number of aromatic nitrogens is 2. The molecule has 1 aromatic heterocycles. The van der Waals surface area contributed by atoms with Gasteiger partial charge >= 0.3 is 6.18 Å². The van der Waals surface area contributed by atoms with Gasteiger partial charge < -0.3 is 4.90 Å². The minimum atomic E-state index is -4.75. The summed E-state index contributed by atoms with van der Waals surface area (Å²) in [5.41, 5.74) is -0.766. The molecule has 0 aliphatic rings. The topological polar surface area (TPSA) is 38.1 Å². The number of amides is 1. The van der Waals surface area contributed by atoms with E-state index in [0.29, 0.717) is 15.3 Å². The Morgan fingerprint density at radius 2 is 1.92 bits per heavy atom. The number of nitrogens with zero attached hydrogens (tertiary/aromatic N) is 3. The lowest BCUT2D eigenvalue weighted by Crippen LogP contribution is -2.33. The first-order valence-electron chi connectivity index (χ1n) is 7.50. The maximum absolute atomic E-state index is 13.6. The number of alkyl halides is 3. The number of benzene rings is 1. The number of carbonyl (C=O) groups excluding carboxylic acids is 1. The molecule has 0 fully saturated rings. The van der Waals surface area contributed by atoms with Crippen molar-refractivity contribution in [2.24, 2.45) is 0 Å².